The van der Waals surface area contributed by atoms with Crippen LogP contribution in [0.4, 0.5) is 52.7 Å². The zero-order valence-electron chi connectivity index (χ0n) is 32.2. The number of methoxy groups -OCH3 is 2. The molecule has 0 aromatic heterocycles. The Kier molecular flexibility index (Phi) is 15.3. The van der Waals surface area contributed by atoms with Crippen molar-refractivity contribution in [1.82, 2.24) is 0 Å². The molecule has 17 heteroatoms. The molecule has 0 aliphatic carbocycles. The third kappa shape index (κ3) is 9.75. The van der Waals surface area contributed by atoms with Gasteiger partial charge in [-0.3, -0.25) is 0 Å². The van der Waals surface area contributed by atoms with Crippen LogP contribution in [0.1, 0.15) is 83.4 Å². The quantitative estimate of drug-likeness (QED) is 0.0737. The van der Waals surface area contributed by atoms with Gasteiger partial charge in [0.15, 0.2) is 0 Å². The number of hydrogen-bond donors (Lipinski definition) is 0. The zero-order valence-corrected chi connectivity index (χ0v) is 32.2. The fourth-order valence-corrected chi connectivity index (χ4v) is 6.95. The van der Waals surface area contributed by atoms with Crippen molar-refractivity contribution in [3.05, 3.63) is 142 Å². The summed E-state index contributed by atoms with van der Waals surface area (Å²) in [4.78, 5) is 0. The van der Waals surface area contributed by atoms with Crippen molar-refractivity contribution >= 4 is 0 Å². The third-order valence-electron chi connectivity index (χ3n) is 9.56. The largest absolute Gasteiger partial charge is 0.430 e. The minimum absolute atomic E-state index is 0.0177. The lowest BCUT2D eigenvalue weighted by Gasteiger charge is -2.38. The summed E-state index contributed by atoms with van der Waals surface area (Å²) in [7, 11) is 1.73. The highest BCUT2D eigenvalue weighted by Crippen LogP contribution is 2.55. The van der Waals surface area contributed by atoms with Crippen molar-refractivity contribution in [2.75, 3.05) is 27.8 Å². The Morgan fingerprint density at radius 3 is 1.05 bits per heavy atom. The fourth-order valence-electron chi connectivity index (χ4n) is 6.95. The van der Waals surface area contributed by atoms with Gasteiger partial charge in [0.05, 0.1) is 0 Å². The van der Waals surface area contributed by atoms with Crippen LogP contribution in [-0.4, -0.2) is 52.5 Å². The molecule has 2 unspecified atom stereocenters. The number of rotatable bonds is 18. The van der Waals surface area contributed by atoms with Crippen molar-refractivity contribution < 1.29 is 76.4 Å². The summed E-state index contributed by atoms with van der Waals surface area (Å²) in [5.74, 6) is 0. The van der Waals surface area contributed by atoms with Crippen LogP contribution < -0.4 is 0 Å². The van der Waals surface area contributed by atoms with Gasteiger partial charge in [0.2, 0.25) is 0 Å². The Morgan fingerprint density at radius 1 is 0.458 bits per heavy atom. The third-order valence-corrected chi connectivity index (χ3v) is 9.56. The highest BCUT2D eigenvalue weighted by Gasteiger charge is 2.74. The van der Waals surface area contributed by atoms with E-state index in [2.05, 4.69) is 18.9 Å². The van der Waals surface area contributed by atoms with Crippen molar-refractivity contribution in [1.29, 1.82) is 0 Å². The van der Waals surface area contributed by atoms with Crippen LogP contribution in [0.3, 0.4) is 0 Å². The van der Waals surface area contributed by atoms with Crippen LogP contribution in [0, 0.1) is 0 Å². The number of halogens is 12. The second-order valence-electron chi connectivity index (χ2n) is 13.5. The predicted molar refractivity (Wildman–Crippen MR) is 192 cm³/mol. The van der Waals surface area contributed by atoms with Gasteiger partial charge in [0.1, 0.15) is 25.8 Å². The van der Waals surface area contributed by atoms with Gasteiger partial charge in [0.25, 0.3) is 11.2 Å². The van der Waals surface area contributed by atoms with Crippen molar-refractivity contribution in [3.63, 3.8) is 0 Å². The van der Waals surface area contributed by atoms with Crippen molar-refractivity contribution in [3.8, 4) is 0 Å². The molecule has 0 heterocycles. The fraction of sp³-hybridized carbons (Fsp3) is 0.429. The number of benzene rings is 4. The molecule has 0 bridgehead atoms. The Hall–Kier alpha value is -4.16. The summed E-state index contributed by atoms with van der Waals surface area (Å²) < 4.78 is 200. The summed E-state index contributed by atoms with van der Waals surface area (Å²) in [5, 5.41) is 0. The van der Waals surface area contributed by atoms with E-state index in [4.69, 9.17) is 4.74 Å². The van der Waals surface area contributed by atoms with E-state index in [0.29, 0.717) is 23.3 Å². The molecule has 0 spiro atoms. The van der Waals surface area contributed by atoms with Crippen LogP contribution >= 0.6 is 0 Å². The molecular weight excluding hydrogens is 812 g/mol. The molecule has 0 fully saturated rings. The highest BCUT2D eigenvalue weighted by molar-refractivity contribution is 5.45. The lowest BCUT2D eigenvalue weighted by atomic mass is 9.85. The maximum atomic E-state index is 14.6. The topological polar surface area (TPSA) is 46.2 Å². The average Bonchev–Trinajstić information content (AvgIpc) is 3.15. The number of hydrogen-bond acceptors (Lipinski definition) is 5. The number of alkyl halides is 12. The second kappa shape index (κ2) is 19.0. The zero-order chi connectivity index (χ0) is 43.9. The van der Waals surface area contributed by atoms with Gasteiger partial charge in [-0.1, -0.05) is 124 Å². The van der Waals surface area contributed by atoms with E-state index in [1.807, 2.05) is 0 Å². The van der Waals surface area contributed by atoms with Crippen molar-refractivity contribution in [2.45, 2.75) is 87.6 Å². The number of aryl methyl sites for hydroxylation is 2. The van der Waals surface area contributed by atoms with Gasteiger partial charge >= 0.3 is 24.7 Å². The van der Waals surface area contributed by atoms with E-state index >= 15 is 0 Å². The van der Waals surface area contributed by atoms with Gasteiger partial charge in [0, 0.05) is 25.3 Å². The first-order chi connectivity index (χ1) is 27.6. The van der Waals surface area contributed by atoms with Crippen LogP contribution in [0.5, 0.6) is 0 Å². The molecule has 2 atom stereocenters. The van der Waals surface area contributed by atoms with Crippen LogP contribution in [0.2, 0.25) is 0 Å². The molecular formula is C42H42F12O5. The maximum absolute atomic E-state index is 14.6. The molecule has 4 rings (SSSR count). The van der Waals surface area contributed by atoms with Crippen molar-refractivity contribution in [2.24, 2.45) is 0 Å². The van der Waals surface area contributed by atoms with E-state index in [1.165, 1.54) is 0 Å². The average molecular weight is 855 g/mol. The Labute approximate surface area is 333 Å². The summed E-state index contributed by atoms with van der Waals surface area (Å²) in [6.45, 7) is 0.590. The minimum atomic E-state index is -6.01. The van der Waals surface area contributed by atoms with E-state index in [1.54, 1.807) is 74.5 Å². The van der Waals surface area contributed by atoms with Gasteiger partial charge in [-0.25, -0.2) is 0 Å². The summed E-state index contributed by atoms with van der Waals surface area (Å²) >= 11 is 0. The lowest BCUT2D eigenvalue weighted by molar-refractivity contribution is -0.401. The Bertz CT molecular complexity index is 1760. The van der Waals surface area contributed by atoms with Gasteiger partial charge in [-0.2, -0.15) is 52.7 Å². The van der Waals surface area contributed by atoms with Gasteiger partial charge in [-0.05, 0) is 46.2 Å². The Balaban J connectivity index is 2.03. The van der Waals surface area contributed by atoms with Crippen LogP contribution in [0.15, 0.2) is 97.1 Å². The van der Waals surface area contributed by atoms with Gasteiger partial charge < -0.3 is 23.7 Å². The molecule has 4 aromatic carbocycles. The second-order valence-corrected chi connectivity index (χ2v) is 13.5. The molecule has 324 valence electrons. The molecule has 5 nitrogen and oxygen atoms in total. The predicted octanol–water partition coefficient (Wildman–Crippen LogP) is 12.4. The first-order valence-electron chi connectivity index (χ1n) is 18.2. The molecule has 0 saturated carbocycles. The van der Waals surface area contributed by atoms with E-state index in [0.717, 1.165) is 38.5 Å². The molecule has 4 aromatic rings. The monoisotopic (exact) mass is 854 g/mol. The molecule has 0 N–H and O–H groups in total. The SMILES string of the molecule is CCCc1cc(C(OCOC)(C(F)(F)F)C(F)(F)F)ccc1C(OC(c1ccccc1)c1ccc(C(OCOC)(C(F)(F)F)C(F)(F)F)cc1CCC)c1ccccc1. The number of ether oxygens (including phenoxy) is 5. The van der Waals surface area contributed by atoms with E-state index in [-0.39, 0.29) is 47.9 Å². The molecule has 0 aliphatic heterocycles. The molecule has 0 aliphatic rings. The normalized spacial score (nSPS) is 14.4. The lowest BCUT2D eigenvalue weighted by Crippen LogP contribution is -2.56. The van der Waals surface area contributed by atoms with E-state index < -0.39 is 72.8 Å². The minimum Gasteiger partial charge on any atom is -0.359 e. The summed E-state index contributed by atoms with van der Waals surface area (Å²) in [6, 6.07) is 21.0. The molecule has 59 heavy (non-hydrogen) atoms. The smallest absolute Gasteiger partial charge is 0.359 e. The van der Waals surface area contributed by atoms with Crippen LogP contribution in [0.25, 0.3) is 0 Å². The first-order valence-corrected chi connectivity index (χ1v) is 18.2. The first kappa shape index (κ1) is 47.5. The standard InChI is InChI=1S/C42H42F12O5/c1-5-13-29-23-31(37(39(43,44)45,40(46,47)48)57-25-55-3)19-21-33(29)35(27-15-9-7-10-16-27)59-36(28-17-11-8-12-18-28)34-22-20-32(24-30(34)14-6-2)38(41(49,50)51,42(52,53)54)58-26-56-4/h7-12,15-24,35-36H,5-6,13-14,25-26H2,1-4H3. The Morgan fingerprint density at radius 2 is 0.780 bits per heavy atom. The van der Waals surface area contributed by atoms with Gasteiger partial charge in [-0.15, -0.1) is 0 Å². The van der Waals surface area contributed by atoms with E-state index in [9.17, 15) is 52.7 Å². The van der Waals surface area contributed by atoms with Crippen LogP contribution in [-0.2, 0) is 47.7 Å². The molecule has 0 saturated heterocycles. The summed E-state index contributed by atoms with van der Waals surface area (Å²) in [6.07, 6.45) is -26.2. The molecule has 0 amide bonds. The summed E-state index contributed by atoms with van der Waals surface area (Å²) in [5.41, 5.74) is -11.1. The molecule has 0 radical (unpaired) electrons. The highest BCUT2D eigenvalue weighted by atomic mass is 19.4. The maximum Gasteiger partial charge on any atom is 0.430 e.